The van der Waals surface area contributed by atoms with Gasteiger partial charge in [-0.1, -0.05) is 60.7 Å². The number of hydrogen-bond acceptors (Lipinski definition) is 6. The Balaban J connectivity index is 0.000000634. The summed E-state index contributed by atoms with van der Waals surface area (Å²) in [5.41, 5.74) is 3.67. The molecule has 6 nitrogen and oxygen atoms in total. The van der Waals surface area contributed by atoms with Gasteiger partial charge in [-0.3, -0.25) is 19.7 Å². The summed E-state index contributed by atoms with van der Waals surface area (Å²) in [5, 5.41) is 4.62. The maximum absolute atomic E-state index is 4.32. The van der Waals surface area contributed by atoms with Gasteiger partial charge >= 0.3 is 0 Å². The number of aromatic nitrogens is 1. The van der Waals surface area contributed by atoms with Crippen molar-refractivity contribution in [3.63, 3.8) is 0 Å². The second-order valence-electron chi connectivity index (χ2n) is 19.0. The van der Waals surface area contributed by atoms with Gasteiger partial charge in [-0.05, 0) is 163 Å². The minimum absolute atomic E-state index is 0. The minimum Gasteiger partial charge on any atom is -0.314 e. The molecule has 53 heavy (non-hydrogen) atoms. The fourth-order valence-electron chi connectivity index (χ4n) is 7.37. The smallest absolute Gasteiger partial charge is 0.0704 e. The number of piperidine rings is 2. The Hall–Kier alpha value is -1.57. The van der Waals surface area contributed by atoms with E-state index in [1.807, 2.05) is 12.3 Å². The summed E-state index contributed by atoms with van der Waals surface area (Å²) in [7, 11) is 0. The summed E-state index contributed by atoms with van der Waals surface area (Å²) in [6.45, 7) is 42.3. The highest BCUT2D eigenvalue weighted by atomic mass is 15.2. The number of piperazine rings is 1. The molecule has 1 aliphatic carbocycles. The van der Waals surface area contributed by atoms with Crippen molar-refractivity contribution in [2.45, 2.75) is 173 Å². The second kappa shape index (κ2) is 23.5. The molecule has 1 N–H and O–H groups in total. The zero-order valence-electron chi connectivity index (χ0n) is 35.1. The first-order valence-corrected chi connectivity index (χ1v) is 20.4. The predicted octanol–water partition coefficient (Wildman–Crippen LogP) is 11.1. The Labute approximate surface area is 332 Å². The van der Waals surface area contributed by atoms with Crippen LogP contribution < -0.4 is 5.32 Å². The van der Waals surface area contributed by atoms with Crippen molar-refractivity contribution in [1.82, 2.24) is 29.9 Å². The van der Waals surface area contributed by atoms with Crippen LogP contribution in [0.4, 0.5) is 0 Å². The lowest BCUT2D eigenvalue weighted by molar-refractivity contribution is 0.0690. The van der Waals surface area contributed by atoms with Gasteiger partial charge in [0.25, 0.3) is 0 Å². The van der Waals surface area contributed by atoms with Gasteiger partial charge in [0.1, 0.15) is 0 Å². The lowest BCUT2D eigenvalue weighted by Gasteiger charge is -2.42. The van der Waals surface area contributed by atoms with E-state index < -0.39 is 0 Å². The average molecular weight is 741 g/mol. The zero-order chi connectivity index (χ0) is 37.1. The van der Waals surface area contributed by atoms with Crippen LogP contribution in [-0.4, -0.2) is 113 Å². The van der Waals surface area contributed by atoms with Crippen LogP contribution in [0.15, 0.2) is 36.5 Å². The molecule has 2 atom stereocenters. The number of nitrogens with one attached hydrogen (secondary N) is 1. The van der Waals surface area contributed by atoms with E-state index in [2.05, 4.69) is 144 Å². The number of likely N-dealkylation sites (tertiary alicyclic amines) is 3. The Kier molecular flexibility index (Phi) is 22.8. The first-order chi connectivity index (χ1) is 23.4. The molecule has 5 heterocycles. The number of fused-ring (bicyclic) bond motifs is 2. The highest BCUT2D eigenvalue weighted by Gasteiger charge is 2.45. The summed E-state index contributed by atoms with van der Waals surface area (Å²) < 4.78 is 0. The van der Waals surface area contributed by atoms with Crippen molar-refractivity contribution in [3.8, 4) is 0 Å². The molecule has 2 unspecified atom stereocenters. The largest absolute Gasteiger partial charge is 0.314 e. The summed E-state index contributed by atoms with van der Waals surface area (Å²) in [5.74, 6) is 2.77. The van der Waals surface area contributed by atoms with Gasteiger partial charge in [0, 0.05) is 73.5 Å². The van der Waals surface area contributed by atoms with Gasteiger partial charge in [-0.2, -0.15) is 0 Å². The molecule has 0 radical (unpaired) electrons. The van der Waals surface area contributed by atoms with Gasteiger partial charge < -0.3 is 10.2 Å². The van der Waals surface area contributed by atoms with Gasteiger partial charge in [0.15, 0.2) is 0 Å². The topological polar surface area (TPSA) is 37.9 Å². The molecule has 0 spiro atoms. The van der Waals surface area contributed by atoms with E-state index in [0.29, 0.717) is 22.5 Å². The van der Waals surface area contributed by atoms with Gasteiger partial charge in [-0.15, -0.1) is 0 Å². The van der Waals surface area contributed by atoms with E-state index in [1.165, 1.54) is 95.4 Å². The Bertz CT molecular complexity index is 1180. The van der Waals surface area contributed by atoms with Crippen LogP contribution in [0, 0.1) is 11.8 Å². The van der Waals surface area contributed by atoms with Crippen molar-refractivity contribution in [1.29, 1.82) is 0 Å². The predicted molar refractivity (Wildman–Crippen MR) is 240 cm³/mol. The standard InChI is InChI=1S/C12H13N.C9H19N.C8H18N2.C8H15N.C7H15N.3CH4/c1-9(2)10-5-3-7-12-11(10)6-4-8-13-12;1-9(2,3)10-7-5-4-6-8-10;1-8(2,3)10-6-4-9-5-7-10;1-6(2)9-4-7-3-8(7)5-9;1-7(2,3)8-5-4-6-8;;;/h3-9H,1-2H3;4-8H2,1-3H3;9H,4-7H2,1-3H3;6-8H,3-5H2,1-2H3;4-6H2,1-3H3;3*1H4. The monoisotopic (exact) mass is 741 g/mol. The molecule has 7 rings (SSSR count). The third kappa shape index (κ3) is 17.8. The van der Waals surface area contributed by atoms with E-state index in [9.17, 15) is 0 Å². The van der Waals surface area contributed by atoms with Gasteiger partial charge in [0.2, 0.25) is 0 Å². The summed E-state index contributed by atoms with van der Waals surface area (Å²) in [6, 6.07) is 11.2. The number of nitrogens with zero attached hydrogens (tertiary/aromatic N) is 5. The Morgan fingerprint density at radius 1 is 0.604 bits per heavy atom. The van der Waals surface area contributed by atoms with Crippen LogP contribution in [0.5, 0.6) is 0 Å². The maximum Gasteiger partial charge on any atom is 0.0704 e. The fraction of sp³-hybridized carbons (Fsp3) is 0.809. The molecule has 2 aromatic rings. The van der Waals surface area contributed by atoms with Gasteiger partial charge in [-0.25, -0.2) is 0 Å². The first kappa shape index (κ1) is 51.4. The molecule has 1 aromatic heterocycles. The molecular formula is C47H92N6. The number of hydrogen-bond donors (Lipinski definition) is 1. The van der Waals surface area contributed by atoms with Crippen LogP contribution in [0.2, 0.25) is 0 Å². The third-order valence-corrected chi connectivity index (χ3v) is 11.2. The van der Waals surface area contributed by atoms with Crippen molar-refractivity contribution >= 4 is 10.9 Å². The van der Waals surface area contributed by atoms with E-state index >= 15 is 0 Å². The van der Waals surface area contributed by atoms with Crippen LogP contribution in [0.25, 0.3) is 10.9 Å². The van der Waals surface area contributed by atoms with Crippen molar-refractivity contribution in [2.24, 2.45) is 11.8 Å². The van der Waals surface area contributed by atoms with E-state index in [4.69, 9.17) is 0 Å². The summed E-state index contributed by atoms with van der Waals surface area (Å²) in [6.07, 6.45) is 9.01. The Morgan fingerprint density at radius 2 is 1.08 bits per heavy atom. The van der Waals surface area contributed by atoms with Crippen molar-refractivity contribution in [2.75, 3.05) is 65.4 Å². The van der Waals surface area contributed by atoms with Crippen LogP contribution in [0.1, 0.15) is 156 Å². The molecule has 4 aliphatic heterocycles. The minimum atomic E-state index is 0. The fourth-order valence-corrected chi connectivity index (χ4v) is 7.37. The molecule has 5 fully saturated rings. The molecule has 1 aromatic carbocycles. The molecule has 1 saturated carbocycles. The molecule has 0 bridgehead atoms. The molecule has 4 saturated heterocycles. The number of pyridine rings is 1. The van der Waals surface area contributed by atoms with Crippen LogP contribution >= 0.6 is 0 Å². The highest BCUT2D eigenvalue weighted by Crippen LogP contribution is 2.45. The molecule has 0 amide bonds. The van der Waals surface area contributed by atoms with E-state index in [0.717, 1.165) is 36.5 Å². The lowest BCUT2D eigenvalue weighted by Crippen LogP contribution is -2.51. The van der Waals surface area contributed by atoms with Gasteiger partial charge in [0.05, 0.1) is 5.52 Å². The maximum atomic E-state index is 4.32. The number of benzene rings is 1. The molecular weight excluding hydrogens is 649 g/mol. The van der Waals surface area contributed by atoms with E-state index in [1.54, 1.807) is 0 Å². The quantitative estimate of drug-likeness (QED) is 0.330. The van der Waals surface area contributed by atoms with E-state index in [-0.39, 0.29) is 22.3 Å². The second-order valence-corrected chi connectivity index (χ2v) is 19.0. The number of rotatable bonds is 2. The molecule has 310 valence electrons. The summed E-state index contributed by atoms with van der Waals surface area (Å²) in [4.78, 5) is 14.5. The van der Waals surface area contributed by atoms with Crippen molar-refractivity contribution in [3.05, 3.63) is 42.1 Å². The zero-order valence-corrected chi connectivity index (χ0v) is 35.1. The Morgan fingerprint density at radius 3 is 1.43 bits per heavy atom. The normalized spacial score (nSPS) is 21.9. The van der Waals surface area contributed by atoms with Crippen LogP contribution in [-0.2, 0) is 0 Å². The van der Waals surface area contributed by atoms with Crippen LogP contribution in [0.3, 0.4) is 0 Å². The van der Waals surface area contributed by atoms with Crippen molar-refractivity contribution < 1.29 is 0 Å². The highest BCUT2D eigenvalue weighted by molar-refractivity contribution is 5.82. The summed E-state index contributed by atoms with van der Waals surface area (Å²) >= 11 is 0. The average Bonchev–Trinajstić information content (AvgIpc) is 3.64. The lowest BCUT2D eigenvalue weighted by atomic mass is 9.98. The molecule has 5 aliphatic rings. The SMILES string of the molecule is C.C.C.CC(C)(C)N1CCC1.CC(C)(C)N1CCCCC1.CC(C)(C)N1CCNCC1.CC(C)N1CC2CC2C1.CC(C)c1cccc2ncccc12. The molecule has 6 heteroatoms. The third-order valence-electron chi connectivity index (χ3n) is 11.2. The first-order valence-electron chi connectivity index (χ1n) is 20.4.